The van der Waals surface area contributed by atoms with E-state index in [0.29, 0.717) is 11.5 Å². The van der Waals surface area contributed by atoms with Crippen molar-refractivity contribution < 1.29 is 4.79 Å². The maximum atomic E-state index is 11.6. The summed E-state index contributed by atoms with van der Waals surface area (Å²) in [6.45, 7) is 6.44. The first-order chi connectivity index (χ1) is 8.99. The number of fused-ring (bicyclic) bond motifs is 1. The molecule has 1 aromatic heterocycles. The van der Waals surface area contributed by atoms with Gasteiger partial charge in [-0.1, -0.05) is 39.0 Å². The second-order valence-corrected chi connectivity index (χ2v) is 5.51. The zero-order chi connectivity index (χ0) is 14.0. The summed E-state index contributed by atoms with van der Waals surface area (Å²) < 4.78 is 0. The van der Waals surface area contributed by atoms with Gasteiger partial charge >= 0.3 is 0 Å². The highest BCUT2D eigenvalue weighted by Gasteiger charge is 2.18. The fourth-order valence-corrected chi connectivity index (χ4v) is 2.52. The molecule has 1 amide bonds. The Hall–Kier alpha value is -1.90. The molecule has 0 spiro atoms. The van der Waals surface area contributed by atoms with E-state index in [1.54, 1.807) is 0 Å². The van der Waals surface area contributed by atoms with E-state index in [1.807, 2.05) is 30.3 Å². The van der Waals surface area contributed by atoms with Crippen molar-refractivity contribution >= 4 is 16.8 Å². The van der Waals surface area contributed by atoms with Crippen LogP contribution in [0.3, 0.4) is 0 Å². The number of pyridine rings is 1. The standard InChI is InChI=1S/C16H20N2O/c1-10(2)8-11(3)15-13(16(17)19)9-12-6-4-5-7-14(12)18-15/h4-7,9-11H,8H2,1-3H3,(H2,17,19). The number of amides is 1. The van der Waals surface area contributed by atoms with E-state index in [0.717, 1.165) is 23.0 Å². The van der Waals surface area contributed by atoms with Crippen molar-refractivity contribution in [2.75, 3.05) is 0 Å². The number of nitrogens with zero attached hydrogens (tertiary/aromatic N) is 1. The minimum Gasteiger partial charge on any atom is -0.366 e. The molecule has 0 aliphatic heterocycles. The molecule has 19 heavy (non-hydrogen) atoms. The van der Waals surface area contributed by atoms with E-state index in [4.69, 9.17) is 5.73 Å². The molecule has 1 aromatic carbocycles. The average Bonchev–Trinajstić information content (AvgIpc) is 2.36. The molecular formula is C16H20N2O. The van der Waals surface area contributed by atoms with Crippen LogP contribution in [0.2, 0.25) is 0 Å². The largest absolute Gasteiger partial charge is 0.366 e. The maximum absolute atomic E-state index is 11.6. The number of para-hydroxylation sites is 1. The number of hydrogen-bond donors (Lipinski definition) is 1. The van der Waals surface area contributed by atoms with Crippen molar-refractivity contribution in [1.29, 1.82) is 0 Å². The highest BCUT2D eigenvalue weighted by atomic mass is 16.1. The summed E-state index contributed by atoms with van der Waals surface area (Å²) in [6.07, 6.45) is 0.992. The van der Waals surface area contributed by atoms with Gasteiger partial charge in [0.15, 0.2) is 0 Å². The second-order valence-electron chi connectivity index (χ2n) is 5.51. The van der Waals surface area contributed by atoms with Gasteiger partial charge in [-0.25, -0.2) is 0 Å². The van der Waals surface area contributed by atoms with Gasteiger partial charge in [-0.2, -0.15) is 0 Å². The zero-order valence-electron chi connectivity index (χ0n) is 11.7. The third kappa shape index (κ3) is 2.92. The van der Waals surface area contributed by atoms with Crippen LogP contribution in [0.1, 0.15) is 49.2 Å². The van der Waals surface area contributed by atoms with Gasteiger partial charge in [-0.15, -0.1) is 0 Å². The molecule has 2 rings (SSSR count). The fourth-order valence-electron chi connectivity index (χ4n) is 2.52. The Balaban J connectivity index is 2.56. The Kier molecular flexibility index (Phi) is 3.84. The quantitative estimate of drug-likeness (QED) is 0.910. The smallest absolute Gasteiger partial charge is 0.250 e. The van der Waals surface area contributed by atoms with E-state index >= 15 is 0 Å². The Morgan fingerprint density at radius 2 is 1.95 bits per heavy atom. The molecule has 0 aliphatic carbocycles. The number of primary amides is 1. The van der Waals surface area contributed by atoms with Gasteiger partial charge in [0, 0.05) is 5.39 Å². The fraction of sp³-hybridized carbons (Fsp3) is 0.375. The first kappa shape index (κ1) is 13.5. The van der Waals surface area contributed by atoms with E-state index in [-0.39, 0.29) is 5.92 Å². The maximum Gasteiger partial charge on any atom is 0.250 e. The number of carbonyl (C=O) groups excluding carboxylic acids is 1. The molecule has 1 heterocycles. The van der Waals surface area contributed by atoms with Crippen LogP contribution >= 0.6 is 0 Å². The van der Waals surface area contributed by atoms with Crippen molar-refractivity contribution in [2.45, 2.75) is 33.1 Å². The Bertz CT molecular complexity index is 605. The molecule has 0 bridgehead atoms. The average molecular weight is 256 g/mol. The number of benzene rings is 1. The third-order valence-electron chi connectivity index (χ3n) is 3.31. The van der Waals surface area contributed by atoms with Crippen molar-refractivity contribution in [2.24, 2.45) is 11.7 Å². The van der Waals surface area contributed by atoms with Gasteiger partial charge < -0.3 is 5.73 Å². The molecule has 1 unspecified atom stereocenters. The van der Waals surface area contributed by atoms with Crippen LogP contribution in [-0.4, -0.2) is 10.9 Å². The SMILES string of the molecule is CC(C)CC(C)c1nc2ccccc2cc1C(N)=O. The monoisotopic (exact) mass is 256 g/mol. The molecule has 3 heteroatoms. The summed E-state index contributed by atoms with van der Waals surface area (Å²) in [6, 6.07) is 9.66. The summed E-state index contributed by atoms with van der Waals surface area (Å²) >= 11 is 0. The summed E-state index contributed by atoms with van der Waals surface area (Å²) in [5.74, 6) is 0.389. The highest BCUT2D eigenvalue weighted by Crippen LogP contribution is 2.27. The van der Waals surface area contributed by atoms with Crippen LogP contribution in [0.15, 0.2) is 30.3 Å². The van der Waals surface area contributed by atoms with Crippen LogP contribution < -0.4 is 5.73 Å². The minimum absolute atomic E-state index is 0.229. The van der Waals surface area contributed by atoms with Gasteiger partial charge in [0.05, 0.1) is 16.8 Å². The van der Waals surface area contributed by atoms with Crippen molar-refractivity contribution in [3.8, 4) is 0 Å². The van der Waals surface area contributed by atoms with E-state index in [9.17, 15) is 4.79 Å². The van der Waals surface area contributed by atoms with Crippen molar-refractivity contribution in [3.05, 3.63) is 41.6 Å². The number of aromatic nitrogens is 1. The molecule has 0 fully saturated rings. The molecule has 0 saturated heterocycles. The van der Waals surface area contributed by atoms with Crippen LogP contribution in [0.25, 0.3) is 10.9 Å². The molecule has 100 valence electrons. The lowest BCUT2D eigenvalue weighted by Gasteiger charge is -2.17. The predicted octanol–water partition coefficient (Wildman–Crippen LogP) is 3.48. The summed E-state index contributed by atoms with van der Waals surface area (Å²) in [7, 11) is 0. The molecular weight excluding hydrogens is 236 g/mol. The second kappa shape index (κ2) is 5.39. The van der Waals surface area contributed by atoms with Crippen molar-refractivity contribution in [1.82, 2.24) is 4.98 Å². The van der Waals surface area contributed by atoms with E-state index in [2.05, 4.69) is 25.8 Å². The third-order valence-corrected chi connectivity index (χ3v) is 3.31. The van der Waals surface area contributed by atoms with Gasteiger partial charge in [0.1, 0.15) is 0 Å². The van der Waals surface area contributed by atoms with Crippen LogP contribution in [0, 0.1) is 5.92 Å². The van der Waals surface area contributed by atoms with E-state index in [1.165, 1.54) is 0 Å². The molecule has 0 saturated carbocycles. The topological polar surface area (TPSA) is 56.0 Å². The minimum atomic E-state index is -0.399. The molecule has 2 aromatic rings. The molecule has 1 atom stereocenters. The number of nitrogens with two attached hydrogens (primary N) is 1. The Labute approximate surface area is 113 Å². The lowest BCUT2D eigenvalue weighted by atomic mass is 9.92. The van der Waals surface area contributed by atoms with Gasteiger partial charge in [0.25, 0.3) is 5.91 Å². The molecule has 0 radical (unpaired) electrons. The Morgan fingerprint density at radius 1 is 1.26 bits per heavy atom. The summed E-state index contributed by atoms with van der Waals surface area (Å²) in [5, 5.41) is 0.955. The van der Waals surface area contributed by atoms with Crippen LogP contribution in [0.4, 0.5) is 0 Å². The van der Waals surface area contributed by atoms with Gasteiger partial charge in [-0.3, -0.25) is 9.78 Å². The van der Waals surface area contributed by atoms with Gasteiger partial charge in [-0.05, 0) is 30.4 Å². The Morgan fingerprint density at radius 3 is 2.58 bits per heavy atom. The number of hydrogen-bond acceptors (Lipinski definition) is 2. The predicted molar refractivity (Wildman–Crippen MR) is 78.1 cm³/mol. The first-order valence-corrected chi connectivity index (χ1v) is 6.68. The molecule has 0 aliphatic rings. The van der Waals surface area contributed by atoms with Crippen LogP contribution in [0.5, 0.6) is 0 Å². The van der Waals surface area contributed by atoms with Crippen molar-refractivity contribution in [3.63, 3.8) is 0 Å². The lowest BCUT2D eigenvalue weighted by Crippen LogP contribution is -2.17. The molecule has 2 N–H and O–H groups in total. The summed E-state index contributed by atoms with van der Waals surface area (Å²) in [4.78, 5) is 16.3. The van der Waals surface area contributed by atoms with Gasteiger partial charge in [0.2, 0.25) is 0 Å². The lowest BCUT2D eigenvalue weighted by molar-refractivity contribution is 0.0998. The highest BCUT2D eigenvalue weighted by molar-refractivity contribution is 5.97. The molecule has 3 nitrogen and oxygen atoms in total. The summed E-state index contributed by atoms with van der Waals surface area (Å²) in [5.41, 5.74) is 7.78. The van der Waals surface area contributed by atoms with Crippen LogP contribution in [-0.2, 0) is 0 Å². The number of carbonyl (C=O) groups is 1. The van der Waals surface area contributed by atoms with E-state index < -0.39 is 5.91 Å². The first-order valence-electron chi connectivity index (χ1n) is 6.68. The zero-order valence-corrected chi connectivity index (χ0v) is 11.7. The normalized spacial score (nSPS) is 12.8. The number of rotatable bonds is 4.